The Labute approximate surface area is 211 Å². The van der Waals surface area contributed by atoms with Gasteiger partial charge in [0.2, 0.25) is 11.8 Å². The molecule has 2 fully saturated rings. The molecule has 7 heteroatoms. The van der Waals surface area contributed by atoms with Crippen molar-refractivity contribution in [2.24, 2.45) is 5.73 Å². The first kappa shape index (κ1) is 25.7. The minimum absolute atomic E-state index is 0. The number of hydrogen-bond donors (Lipinski definition) is 3. The number of aromatic nitrogens is 1. The molecule has 0 radical (unpaired) electrons. The van der Waals surface area contributed by atoms with Crippen LogP contribution in [0.4, 0.5) is 0 Å². The average molecular weight is 488 g/mol. The van der Waals surface area contributed by atoms with Crippen LogP contribution < -0.4 is 11.1 Å². The third-order valence-electron chi connectivity index (χ3n) is 7.78. The predicted molar refractivity (Wildman–Crippen MR) is 141 cm³/mol. The van der Waals surface area contributed by atoms with Gasteiger partial charge in [0.1, 0.15) is 0 Å². The highest BCUT2D eigenvalue weighted by atomic mass is 16.6. The molecule has 196 valence electrons. The number of primary amides is 1. The molecule has 1 unspecified atom stereocenters. The van der Waals surface area contributed by atoms with Gasteiger partial charge in [0.05, 0.1) is 10.9 Å². The number of aryl methyl sites for hydroxylation is 2. The van der Waals surface area contributed by atoms with Gasteiger partial charge in [0.15, 0.2) is 6.29 Å². The number of carbonyl (C=O) groups excluding carboxylic acids is 2. The van der Waals surface area contributed by atoms with Crippen LogP contribution in [0, 0.1) is 0 Å². The van der Waals surface area contributed by atoms with Crippen molar-refractivity contribution in [1.29, 1.82) is 0 Å². The third-order valence-corrected chi connectivity index (χ3v) is 7.78. The highest BCUT2D eigenvalue weighted by Gasteiger charge is 2.47. The van der Waals surface area contributed by atoms with Crippen molar-refractivity contribution in [3.8, 4) is 0 Å². The molecule has 1 aromatic heterocycles. The Bertz CT molecular complexity index is 1020. The monoisotopic (exact) mass is 487 g/mol. The van der Waals surface area contributed by atoms with Gasteiger partial charge < -0.3 is 25.5 Å². The molecule has 3 aliphatic rings. The fourth-order valence-electron chi connectivity index (χ4n) is 5.66. The summed E-state index contributed by atoms with van der Waals surface area (Å²) in [5.41, 5.74) is 8.81. The van der Waals surface area contributed by atoms with Crippen LogP contribution in [-0.2, 0) is 32.7 Å². The van der Waals surface area contributed by atoms with Gasteiger partial charge in [-0.15, -0.1) is 0 Å². The number of hydrogen-bond acceptors (Lipinski definition) is 4. The number of aliphatic hydroxyl groups excluding tert-OH is 1. The number of nitrogens with two attached hydrogens (primary N) is 1. The second-order valence-electron chi connectivity index (χ2n) is 10.3. The summed E-state index contributed by atoms with van der Waals surface area (Å²) in [6, 6.07) is 6.57. The second kappa shape index (κ2) is 12.0. The number of benzene rings is 1. The van der Waals surface area contributed by atoms with Gasteiger partial charge in [0.25, 0.3) is 0 Å². The quantitative estimate of drug-likeness (QED) is 0.451. The molecule has 1 aromatic carbocycles. The molecule has 0 spiro atoms. The van der Waals surface area contributed by atoms with Crippen LogP contribution >= 0.6 is 0 Å². The Balaban J connectivity index is 0.000000466. The van der Waals surface area contributed by atoms with Crippen LogP contribution in [0.1, 0.15) is 91.0 Å². The predicted octanol–water partition coefficient (Wildman–Crippen LogP) is 4.56. The topological polar surface area (TPSA) is 107 Å². The van der Waals surface area contributed by atoms with E-state index in [0.717, 1.165) is 83.8 Å². The molecular weight excluding hydrogens is 442 g/mol. The van der Waals surface area contributed by atoms with E-state index in [-0.39, 0.29) is 20.1 Å². The smallest absolute Gasteiger partial charge is 0.230 e. The Morgan fingerprint density at radius 1 is 1.14 bits per heavy atom. The standard InChI is InChI=1S/C23H31N3O2.C5H10O2.2H2/c24-20(27)11-3-1-2-4-14-25-22(28)23(12-7-13-23)19-16-26-15-6-9-17-8-5-10-18(19)21(17)26;6-5-3-1-2-4-7-5;;/h5,8,10,16H,1-4,6-7,9,11-15H2,(H2,24,27)(H,25,28);5-6H,1-4H2;2*1H. The Kier molecular flexibility index (Phi) is 8.84. The molecule has 2 aliphatic heterocycles. The van der Waals surface area contributed by atoms with E-state index in [9.17, 15) is 9.59 Å². The number of unbranched alkanes of at least 4 members (excludes halogenated alkanes) is 3. The summed E-state index contributed by atoms with van der Waals surface area (Å²) in [6.45, 7) is 2.50. The van der Waals surface area contributed by atoms with Gasteiger partial charge in [0, 0.05) is 40.6 Å². The number of aliphatic hydroxyl groups is 1. The van der Waals surface area contributed by atoms with E-state index in [1.807, 2.05) is 0 Å². The number of ether oxygens (including phenoxy) is 1. The van der Waals surface area contributed by atoms with Crippen molar-refractivity contribution in [1.82, 2.24) is 9.88 Å². The summed E-state index contributed by atoms with van der Waals surface area (Å²) in [5, 5.41) is 13.2. The molecule has 2 aromatic rings. The van der Waals surface area contributed by atoms with Crippen LogP contribution in [0.25, 0.3) is 10.9 Å². The molecule has 0 bridgehead atoms. The highest BCUT2D eigenvalue weighted by Crippen LogP contribution is 2.48. The molecule has 1 aliphatic carbocycles. The fraction of sp³-hybridized carbons (Fsp3) is 0.643. The van der Waals surface area contributed by atoms with E-state index in [0.29, 0.717) is 13.0 Å². The summed E-state index contributed by atoms with van der Waals surface area (Å²) in [6.07, 6.45) is 14.4. The van der Waals surface area contributed by atoms with Crippen molar-refractivity contribution in [3.63, 3.8) is 0 Å². The molecule has 7 nitrogen and oxygen atoms in total. The SMILES string of the molecule is NC(=O)CCCCCCNC(=O)C1(c2cn3c4c(cccc24)CCC3)CCC1.OC1CCCCO1.[HH].[HH]. The first-order valence-electron chi connectivity index (χ1n) is 13.5. The zero-order chi connectivity index (χ0) is 24.7. The van der Waals surface area contributed by atoms with E-state index < -0.39 is 6.29 Å². The van der Waals surface area contributed by atoms with E-state index in [4.69, 9.17) is 15.6 Å². The molecule has 4 N–H and O–H groups in total. The molecule has 1 saturated heterocycles. The maximum atomic E-state index is 13.2. The van der Waals surface area contributed by atoms with Gasteiger partial charge in [-0.2, -0.15) is 0 Å². The van der Waals surface area contributed by atoms with Crippen LogP contribution in [0.15, 0.2) is 24.4 Å². The lowest BCUT2D eigenvalue weighted by Crippen LogP contribution is -2.49. The van der Waals surface area contributed by atoms with Crippen molar-refractivity contribution in [2.45, 2.75) is 102 Å². The van der Waals surface area contributed by atoms with Gasteiger partial charge >= 0.3 is 0 Å². The zero-order valence-corrected chi connectivity index (χ0v) is 20.9. The Morgan fingerprint density at radius 3 is 2.63 bits per heavy atom. The van der Waals surface area contributed by atoms with Crippen LogP contribution in [0.3, 0.4) is 0 Å². The molecular formula is C28H45N3O4. The van der Waals surface area contributed by atoms with Crippen LogP contribution in [0.2, 0.25) is 0 Å². The summed E-state index contributed by atoms with van der Waals surface area (Å²) < 4.78 is 7.20. The molecule has 1 saturated carbocycles. The first-order chi connectivity index (χ1) is 17.0. The number of rotatable bonds is 9. The summed E-state index contributed by atoms with van der Waals surface area (Å²) in [4.78, 5) is 24.0. The Hall–Kier alpha value is -2.38. The minimum Gasteiger partial charge on any atom is -0.370 e. The molecule has 5 rings (SSSR count). The number of para-hydroxylation sites is 1. The molecule has 1 atom stereocenters. The van der Waals surface area contributed by atoms with E-state index in [1.165, 1.54) is 28.5 Å². The van der Waals surface area contributed by atoms with Crippen molar-refractivity contribution < 1.29 is 22.3 Å². The maximum Gasteiger partial charge on any atom is 0.230 e. The average Bonchev–Trinajstić information content (AvgIpc) is 3.19. The van der Waals surface area contributed by atoms with Gasteiger partial charge in [-0.25, -0.2) is 0 Å². The minimum atomic E-state index is -0.464. The maximum absolute atomic E-state index is 13.2. The summed E-state index contributed by atoms with van der Waals surface area (Å²) in [7, 11) is 0. The highest BCUT2D eigenvalue weighted by molar-refractivity contribution is 5.97. The third kappa shape index (κ3) is 6.07. The lowest BCUT2D eigenvalue weighted by atomic mass is 9.63. The van der Waals surface area contributed by atoms with E-state index in [1.54, 1.807) is 0 Å². The lowest BCUT2D eigenvalue weighted by molar-refractivity contribution is -0.129. The van der Waals surface area contributed by atoms with Gasteiger partial charge in [-0.05, 0) is 68.9 Å². The zero-order valence-electron chi connectivity index (χ0n) is 20.9. The Morgan fingerprint density at radius 2 is 1.97 bits per heavy atom. The lowest BCUT2D eigenvalue weighted by Gasteiger charge is -2.40. The fourth-order valence-corrected chi connectivity index (χ4v) is 5.66. The van der Waals surface area contributed by atoms with Crippen molar-refractivity contribution >= 4 is 22.7 Å². The number of amides is 2. The molecule has 2 amide bonds. The normalized spacial score (nSPS) is 20.4. The van der Waals surface area contributed by atoms with Crippen LogP contribution in [-0.4, -0.2) is 40.9 Å². The molecule has 3 heterocycles. The van der Waals surface area contributed by atoms with E-state index >= 15 is 0 Å². The summed E-state index contributed by atoms with van der Waals surface area (Å²) >= 11 is 0. The summed E-state index contributed by atoms with van der Waals surface area (Å²) in [5.74, 6) is -0.0360. The number of nitrogens with one attached hydrogen (secondary N) is 1. The van der Waals surface area contributed by atoms with Gasteiger partial charge in [-0.3, -0.25) is 9.59 Å². The van der Waals surface area contributed by atoms with Gasteiger partial charge in [-0.1, -0.05) is 37.5 Å². The van der Waals surface area contributed by atoms with E-state index in [2.05, 4.69) is 34.3 Å². The number of nitrogens with zero attached hydrogens (tertiary/aromatic N) is 1. The number of carbonyl (C=O) groups is 2. The molecule has 35 heavy (non-hydrogen) atoms. The van der Waals surface area contributed by atoms with Crippen LogP contribution in [0.5, 0.6) is 0 Å². The van der Waals surface area contributed by atoms with Crippen molar-refractivity contribution in [3.05, 3.63) is 35.5 Å². The van der Waals surface area contributed by atoms with Crippen molar-refractivity contribution in [2.75, 3.05) is 13.2 Å². The second-order valence-corrected chi connectivity index (χ2v) is 10.3. The first-order valence-corrected chi connectivity index (χ1v) is 13.5. The largest absolute Gasteiger partial charge is 0.370 e.